The number of amides is 1. The zero-order chi connectivity index (χ0) is 19.7. The minimum Gasteiger partial charge on any atom is -0.342 e. The van der Waals surface area contributed by atoms with Crippen LogP contribution < -0.4 is 0 Å². The Morgan fingerprint density at radius 2 is 2.00 bits per heavy atom. The predicted molar refractivity (Wildman–Crippen MR) is 112 cm³/mol. The van der Waals surface area contributed by atoms with Crippen LogP contribution in [0.4, 0.5) is 0 Å². The number of fused-ring (bicyclic) bond motifs is 1. The van der Waals surface area contributed by atoms with Gasteiger partial charge in [-0.05, 0) is 52.1 Å². The molecule has 1 saturated heterocycles. The number of piperidine rings is 1. The predicted octanol–water partition coefficient (Wildman–Crippen LogP) is 3.16. The Hall–Kier alpha value is -2.38. The first-order chi connectivity index (χ1) is 13.5. The van der Waals surface area contributed by atoms with Crippen molar-refractivity contribution >= 4 is 28.1 Å². The summed E-state index contributed by atoms with van der Waals surface area (Å²) in [6, 6.07) is 6.53. The summed E-state index contributed by atoms with van der Waals surface area (Å²) >= 11 is 1.63. The van der Waals surface area contributed by atoms with Crippen LogP contribution in [-0.2, 0) is 11.2 Å². The van der Waals surface area contributed by atoms with Gasteiger partial charge in [0.1, 0.15) is 0 Å². The molecule has 0 saturated carbocycles. The van der Waals surface area contributed by atoms with Crippen LogP contribution in [0, 0.1) is 6.92 Å². The van der Waals surface area contributed by atoms with Crippen LogP contribution in [0.1, 0.15) is 23.5 Å². The molecule has 0 N–H and O–H groups in total. The van der Waals surface area contributed by atoms with Gasteiger partial charge in [-0.15, -0.1) is 11.3 Å². The molecule has 1 fully saturated rings. The van der Waals surface area contributed by atoms with Crippen LogP contribution in [0.25, 0.3) is 21.5 Å². The number of hydrogen-bond acceptors (Lipinski definition) is 6. The molecule has 28 heavy (non-hydrogen) atoms. The molecule has 1 amide bonds. The van der Waals surface area contributed by atoms with Gasteiger partial charge in [-0.1, -0.05) is 0 Å². The molecule has 0 radical (unpaired) electrons. The quantitative estimate of drug-likeness (QED) is 0.679. The van der Waals surface area contributed by atoms with Gasteiger partial charge in [0, 0.05) is 36.9 Å². The minimum atomic E-state index is 0.151. The largest absolute Gasteiger partial charge is 0.342 e. The van der Waals surface area contributed by atoms with Crippen molar-refractivity contribution in [3.63, 3.8) is 0 Å². The molecular weight excluding hydrogens is 370 g/mol. The van der Waals surface area contributed by atoms with Crippen LogP contribution in [0.2, 0.25) is 0 Å². The molecule has 146 valence electrons. The fourth-order valence-corrected chi connectivity index (χ4v) is 4.42. The number of likely N-dealkylation sites (tertiary alicyclic amines) is 1. The summed E-state index contributed by atoms with van der Waals surface area (Å²) < 4.78 is 0. The highest BCUT2D eigenvalue weighted by atomic mass is 32.1. The van der Waals surface area contributed by atoms with Crippen LogP contribution in [-0.4, -0.2) is 63.9 Å². The maximum absolute atomic E-state index is 12.7. The summed E-state index contributed by atoms with van der Waals surface area (Å²) in [5.74, 6) is 0.151. The molecule has 0 aliphatic carbocycles. The van der Waals surface area contributed by atoms with Gasteiger partial charge >= 0.3 is 0 Å². The zero-order valence-corrected chi connectivity index (χ0v) is 17.4. The summed E-state index contributed by atoms with van der Waals surface area (Å²) in [5, 5.41) is 2.00. The number of aromatic nitrogens is 3. The van der Waals surface area contributed by atoms with Crippen molar-refractivity contribution in [3.05, 3.63) is 41.3 Å². The van der Waals surface area contributed by atoms with Crippen molar-refractivity contribution in [1.82, 2.24) is 24.8 Å². The summed E-state index contributed by atoms with van der Waals surface area (Å²) in [5.41, 5.74) is 2.55. The second-order valence-corrected chi connectivity index (χ2v) is 8.80. The van der Waals surface area contributed by atoms with Crippen LogP contribution in [0.5, 0.6) is 0 Å². The Kier molecular flexibility index (Phi) is 5.37. The Morgan fingerprint density at radius 3 is 2.68 bits per heavy atom. The third-order valence-corrected chi connectivity index (χ3v) is 6.32. The SMILES string of the molecule is Cc1ncc(-c2ccc3cnc(CC(=O)N4CCC(N(C)C)CC4)cc3n2)s1. The summed E-state index contributed by atoms with van der Waals surface area (Å²) in [6.07, 6.45) is 6.06. The lowest BCUT2D eigenvalue weighted by molar-refractivity contribution is -0.132. The maximum atomic E-state index is 12.7. The molecule has 0 aromatic carbocycles. The van der Waals surface area contributed by atoms with E-state index in [0.717, 1.165) is 58.1 Å². The van der Waals surface area contributed by atoms with Gasteiger partial charge in [0.15, 0.2) is 0 Å². The molecule has 3 aromatic rings. The van der Waals surface area contributed by atoms with Crippen molar-refractivity contribution in [2.45, 2.75) is 32.2 Å². The van der Waals surface area contributed by atoms with E-state index in [9.17, 15) is 4.79 Å². The van der Waals surface area contributed by atoms with Crippen LogP contribution in [0.3, 0.4) is 0 Å². The molecule has 1 aliphatic rings. The zero-order valence-electron chi connectivity index (χ0n) is 16.6. The highest BCUT2D eigenvalue weighted by Gasteiger charge is 2.24. The third kappa shape index (κ3) is 4.05. The molecule has 4 heterocycles. The fourth-order valence-electron chi connectivity index (χ4n) is 3.67. The molecule has 4 rings (SSSR count). The van der Waals surface area contributed by atoms with Crippen molar-refractivity contribution in [3.8, 4) is 10.6 Å². The normalized spacial score (nSPS) is 15.5. The van der Waals surface area contributed by atoms with Gasteiger partial charge in [-0.25, -0.2) is 9.97 Å². The van der Waals surface area contributed by atoms with E-state index in [1.54, 1.807) is 11.3 Å². The number of hydrogen-bond donors (Lipinski definition) is 0. The summed E-state index contributed by atoms with van der Waals surface area (Å²) in [7, 11) is 4.21. The van der Waals surface area contributed by atoms with Crippen LogP contribution in [0.15, 0.2) is 30.6 Å². The first-order valence-corrected chi connectivity index (χ1v) is 10.4. The number of nitrogens with zero attached hydrogens (tertiary/aromatic N) is 5. The molecule has 3 aromatic heterocycles. The van der Waals surface area contributed by atoms with Crippen molar-refractivity contribution in [1.29, 1.82) is 0 Å². The lowest BCUT2D eigenvalue weighted by Gasteiger charge is -2.35. The standard InChI is InChI=1S/C21H25N5OS/c1-14-22-13-20(28-14)18-5-4-15-12-23-16(10-19(15)24-18)11-21(27)26-8-6-17(7-9-26)25(2)3/h4-5,10,12-13,17H,6-9,11H2,1-3H3. The van der Waals surface area contributed by atoms with Gasteiger partial charge in [0.25, 0.3) is 0 Å². The van der Waals surface area contributed by atoms with Crippen LogP contribution >= 0.6 is 11.3 Å². The van der Waals surface area contributed by atoms with Gasteiger partial charge < -0.3 is 9.80 Å². The Morgan fingerprint density at radius 1 is 1.21 bits per heavy atom. The lowest BCUT2D eigenvalue weighted by Crippen LogP contribution is -2.45. The van der Waals surface area contributed by atoms with E-state index in [4.69, 9.17) is 4.98 Å². The Labute approximate surface area is 169 Å². The number of aryl methyl sites for hydroxylation is 1. The highest BCUT2D eigenvalue weighted by Crippen LogP contribution is 2.26. The number of rotatable bonds is 4. The average molecular weight is 396 g/mol. The monoisotopic (exact) mass is 395 g/mol. The molecule has 0 unspecified atom stereocenters. The van der Waals surface area contributed by atoms with E-state index >= 15 is 0 Å². The average Bonchev–Trinajstić information content (AvgIpc) is 3.14. The minimum absolute atomic E-state index is 0.151. The van der Waals surface area contributed by atoms with Gasteiger partial charge in [0.05, 0.1) is 33.2 Å². The topological polar surface area (TPSA) is 62.2 Å². The smallest absolute Gasteiger partial charge is 0.228 e. The van der Waals surface area contributed by atoms with Crippen molar-refractivity contribution in [2.24, 2.45) is 0 Å². The first kappa shape index (κ1) is 19.0. The van der Waals surface area contributed by atoms with Gasteiger partial charge in [0.2, 0.25) is 5.91 Å². The molecule has 0 bridgehead atoms. The molecule has 6 nitrogen and oxygen atoms in total. The molecule has 7 heteroatoms. The second-order valence-electron chi connectivity index (χ2n) is 7.56. The summed E-state index contributed by atoms with van der Waals surface area (Å²) in [6.45, 7) is 3.63. The molecular formula is C21H25N5OS. The van der Waals surface area contributed by atoms with E-state index in [0.29, 0.717) is 12.5 Å². The van der Waals surface area contributed by atoms with E-state index in [-0.39, 0.29) is 5.91 Å². The molecule has 1 aliphatic heterocycles. The van der Waals surface area contributed by atoms with E-state index in [2.05, 4.69) is 29.0 Å². The Balaban J connectivity index is 1.49. The van der Waals surface area contributed by atoms with E-state index < -0.39 is 0 Å². The first-order valence-electron chi connectivity index (χ1n) is 9.62. The number of carbonyl (C=O) groups excluding carboxylic acids is 1. The van der Waals surface area contributed by atoms with Gasteiger partial charge in [-0.2, -0.15) is 0 Å². The Bertz CT molecular complexity index is 991. The highest BCUT2D eigenvalue weighted by molar-refractivity contribution is 7.15. The summed E-state index contributed by atoms with van der Waals surface area (Å²) in [4.78, 5) is 31.6. The second kappa shape index (κ2) is 7.93. The number of pyridine rings is 2. The van der Waals surface area contributed by atoms with E-state index in [1.165, 1.54) is 0 Å². The number of carbonyl (C=O) groups is 1. The van der Waals surface area contributed by atoms with E-state index in [1.807, 2.05) is 42.4 Å². The molecule has 0 atom stereocenters. The number of thiazole rings is 1. The van der Waals surface area contributed by atoms with Crippen molar-refractivity contribution in [2.75, 3.05) is 27.2 Å². The maximum Gasteiger partial charge on any atom is 0.228 e. The van der Waals surface area contributed by atoms with Gasteiger partial charge in [-0.3, -0.25) is 9.78 Å². The fraction of sp³-hybridized carbons (Fsp3) is 0.429. The third-order valence-electron chi connectivity index (χ3n) is 5.38. The van der Waals surface area contributed by atoms with Crippen molar-refractivity contribution < 1.29 is 4.79 Å². The lowest BCUT2D eigenvalue weighted by atomic mass is 10.0. The molecule has 0 spiro atoms.